The quantitative estimate of drug-likeness (QED) is 0.617. The van der Waals surface area contributed by atoms with Crippen molar-refractivity contribution in [3.05, 3.63) is 58.4 Å². The summed E-state index contributed by atoms with van der Waals surface area (Å²) in [6.07, 6.45) is 0.948. The summed E-state index contributed by atoms with van der Waals surface area (Å²) in [4.78, 5) is 29.6. The highest BCUT2D eigenvalue weighted by Crippen LogP contribution is 2.20. The largest absolute Gasteiger partial charge is 0.462 e. The Morgan fingerprint density at radius 3 is 2.57 bits per heavy atom. The van der Waals surface area contributed by atoms with Gasteiger partial charge >= 0.3 is 5.97 Å². The number of aromatic amines is 1. The number of amides is 1. The molecule has 1 heterocycles. The molecule has 0 aliphatic carbocycles. The molecule has 1 aromatic heterocycles. The standard InChI is InChI=1S/C22H31N3O3/c1-5-28-22(27)21-16(2)19(24-17(21)3)11-12-20(26)23-13-14-25(4)15-18-9-7-6-8-10-18/h6-10,24H,5,11-15H2,1-4H3,(H,23,26). The van der Waals surface area contributed by atoms with Gasteiger partial charge in [0.1, 0.15) is 0 Å². The molecule has 1 amide bonds. The molecule has 0 saturated heterocycles. The van der Waals surface area contributed by atoms with Gasteiger partial charge in [0.25, 0.3) is 0 Å². The number of carbonyl (C=O) groups excluding carboxylic acids is 2. The van der Waals surface area contributed by atoms with Gasteiger partial charge in [-0.1, -0.05) is 30.3 Å². The lowest BCUT2D eigenvalue weighted by Crippen LogP contribution is -2.32. The lowest BCUT2D eigenvalue weighted by Gasteiger charge is -2.17. The number of nitrogens with zero attached hydrogens (tertiary/aromatic N) is 1. The van der Waals surface area contributed by atoms with Gasteiger partial charge in [-0.3, -0.25) is 4.79 Å². The first-order chi connectivity index (χ1) is 13.4. The van der Waals surface area contributed by atoms with Crippen LogP contribution in [0, 0.1) is 13.8 Å². The van der Waals surface area contributed by atoms with Crippen LogP contribution in [-0.2, 0) is 22.5 Å². The number of rotatable bonds is 10. The molecule has 0 fully saturated rings. The van der Waals surface area contributed by atoms with Crippen molar-refractivity contribution in [1.29, 1.82) is 0 Å². The predicted octanol–water partition coefficient (Wildman–Crippen LogP) is 2.99. The number of benzene rings is 1. The van der Waals surface area contributed by atoms with E-state index >= 15 is 0 Å². The Balaban J connectivity index is 1.75. The molecule has 6 nitrogen and oxygen atoms in total. The van der Waals surface area contributed by atoms with Crippen LogP contribution >= 0.6 is 0 Å². The predicted molar refractivity (Wildman–Crippen MR) is 110 cm³/mol. The zero-order valence-electron chi connectivity index (χ0n) is 17.3. The summed E-state index contributed by atoms with van der Waals surface area (Å²) in [6.45, 7) is 8.13. The molecular weight excluding hydrogens is 354 g/mol. The summed E-state index contributed by atoms with van der Waals surface area (Å²) >= 11 is 0. The molecule has 0 spiro atoms. The van der Waals surface area contributed by atoms with E-state index in [9.17, 15) is 9.59 Å². The Kier molecular flexibility index (Phi) is 8.26. The van der Waals surface area contributed by atoms with Gasteiger partial charge in [0.2, 0.25) is 5.91 Å². The van der Waals surface area contributed by atoms with E-state index in [4.69, 9.17) is 4.74 Å². The van der Waals surface area contributed by atoms with Crippen LogP contribution in [0.2, 0.25) is 0 Å². The Bertz CT molecular complexity index is 784. The molecule has 0 aliphatic rings. The Labute approximate surface area is 167 Å². The van der Waals surface area contributed by atoms with Crippen LogP contribution < -0.4 is 5.32 Å². The second-order valence-electron chi connectivity index (χ2n) is 7.02. The molecule has 2 rings (SSSR count). The topological polar surface area (TPSA) is 74.4 Å². The van der Waals surface area contributed by atoms with E-state index in [1.807, 2.05) is 39.1 Å². The lowest BCUT2D eigenvalue weighted by molar-refractivity contribution is -0.121. The fourth-order valence-corrected chi connectivity index (χ4v) is 3.26. The number of hydrogen-bond donors (Lipinski definition) is 2. The van der Waals surface area contributed by atoms with E-state index in [-0.39, 0.29) is 11.9 Å². The van der Waals surface area contributed by atoms with E-state index in [1.165, 1.54) is 5.56 Å². The molecular formula is C22H31N3O3. The minimum Gasteiger partial charge on any atom is -0.462 e. The smallest absolute Gasteiger partial charge is 0.340 e. The van der Waals surface area contributed by atoms with E-state index in [2.05, 4.69) is 27.3 Å². The molecule has 0 saturated carbocycles. The number of ether oxygens (including phenoxy) is 1. The highest BCUT2D eigenvalue weighted by Gasteiger charge is 2.19. The number of likely N-dealkylation sites (N-methyl/N-ethyl adjacent to an activating group) is 1. The molecule has 152 valence electrons. The fraction of sp³-hybridized carbons (Fsp3) is 0.455. The molecule has 6 heteroatoms. The average Bonchev–Trinajstić information content (AvgIpc) is 2.94. The number of nitrogens with one attached hydrogen (secondary N) is 2. The van der Waals surface area contributed by atoms with Gasteiger partial charge in [-0.2, -0.15) is 0 Å². The second kappa shape index (κ2) is 10.7. The van der Waals surface area contributed by atoms with Gasteiger partial charge in [-0.05, 0) is 45.4 Å². The normalized spacial score (nSPS) is 10.9. The first-order valence-corrected chi connectivity index (χ1v) is 9.76. The SMILES string of the molecule is CCOC(=O)c1c(C)[nH]c(CCC(=O)NCCN(C)Cc2ccccc2)c1C. The maximum atomic E-state index is 12.2. The van der Waals surface area contributed by atoms with Crippen LogP contribution in [0.25, 0.3) is 0 Å². The zero-order valence-corrected chi connectivity index (χ0v) is 17.3. The Morgan fingerprint density at radius 1 is 1.18 bits per heavy atom. The first-order valence-electron chi connectivity index (χ1n) is 9.76. The molecule has 2 N–H and O–H groups in total. The summed E-state index contributed by atoms with van der Waals surface area (Å²) in [6, 6.07) is 10.3. The number of esters is 1. The number of aryl methyl sites for hydroxylation is 2. The third-order valence-corrected chi connectivity index (χ3v) is 4.73. The van der Waals surface area contributed by atoms with Gasteiger partial charge in [-0.15, -0.1) is 0 Å². The maximum Gasteiger partial charge on any atom is 0.340 e. The minimum absolute atomic E-state index is 0.0115. The first kappa shape index (κ1) is 21.7. The third kappa shape index (κ3) is 6.23. The monoisotopic (exact) mass is 385 g/mol. The number of hydrogen-bond acceptors (Lipinski definition) is 4. The number of aromatic nitrogens is 1. The maximum absolute atomic E-state index is 12.2. The summed E-state index contributed by atoms with van der Waals surface area (Å²) in [5.41, 5.74) is 4.41. The molecule has 0 atom stereocenters. The van der Waals surface area contributed by atoms with Crippen LogP contribution in [0.3, 0.4) is 0 Å². The second-order valence-corrected chi connectivity index (χ2v) is 7.02. The van der Waals surface area contributed by atoms with E-state index < -0.39 is 0 Å². The van der Waals surface area contributed by atoms with E-state index in [0.29, 0.717) is 31.6 Å². The van der Waals surface area contributed by atoms with Gasteiger partial charge < -0.3 is 19.9 Å². The fourth-order valence-electron chi connectivity index (χ4n) is 3.26. The van der Waals surface area contributed by atoms with Crippen molar-refractivity contribution in [2.75, 3.05) is 26.7 Å². The molecule has 2 aromatic rings. The summed E-state index contributed by atoms with van der Waals surface area (Å²) in [5, 5.41) is 2.97. The van der Waals surface area contributed by atoms with Crippen LogP contribution in [0.15, 0.2) is 30.3 Å². The van der Waals surface area contributed by atoms with E-state index in [0.717, 1.165) is 30.0 Å². The third-order valence-electron chi connectivity index (χ3n) is 4.73. The summed E-state index contributed by atoms with van der Waals surface area (Å²) < 4.78 is 5.10. The van der Waals surface area contributed by atoms with Crippen molar-refractivity contribution in [1.82, 2.24) is 15.2 Å². The van der Waals surface area contributed by atoms with Crippen LogP contribution in [0.4, 0.5) is 0 Å². The molecule has 0 bridgehead atoms. The molecule has 1 aromatic carbocycles. The highest BCUT2D eigenvalue weighted by atomic mass is 16.5. The van der Waals surface area contributed by atoms with Crippen molar-refractivity contribution in [2.45, 2.75) is 40.2 Å². The van der Waals surface area contributed by atoms with Crippen molar-refractivity contribution >= 4 is 11.9 Å². The van der Waals surface area contributed by atoms with Gasteiger partial charge in [0.15, 0.2) is 0 Å². The Hall–Kier alpha value is -2.60. The van der Waals surface area contributed by atoms with Crippen molar-refractivity contribution in [3.63, 3.8) is 0 Å². The van der Waals surface area contributed by atoms with Crippen LogP contribution in [0.5, 0.6) is 0 Å². The average molecular weight is 386 g/mol. The summed E-state index contributed by atoms with van der Waals surface area (Å²) in [5.74, 6) is -0.302. The van der Waals surface area contributed by atoms with Crippen molar-refractivity contribution in [3.8, 4) is 0 Å². The summed E-state index contributed by atoms with van der Waals surface area (Å²) in [7, 11) is 2.04. The lowest BCUT2D eigenvalue weighted by atomic mass is 10.1. The molecule has 0 aliphatic heterocycles. The Morgan fingerprint density at radius 2 is 1.89 bits per heavy atom. The van der Waals surface area contributed by atoms with Gasteiger partial charge in [0, 0.05) is 37.4 Å². The van der Waals surface area contributed by atoms with Crippen LogP contribution in [-0.4, -0.2) is 48.5 Å². The molecule has 28 heavy (non-hydrogen) atoms. The molecule has 0 radical (unpaired) electrons. The minimum atomic E-state index is -0.314. The zero-order chi connectivity index (χ0) is 20.5. The number of H-pyrrole nitrogens is 1. The molecule has 0 unspecified atom stereocenters. The van der Waals surface area contributed by atoms with Crippen LogP contribution in [0.1, 0.15) is 46.2 Å². The van der Waals surface area contributed by atoms with Crippen molar-refractivity contribution in [2.24, 2.45) is 0 Å². The number of carbonyl (C=O) groups is 2. The van der Waals surface area contributed by atoms with Gasteiger partial charge in [-0.25, -0.2) is 4.79 Å². The van der Waals surface area contributed by atoms with E-state index in [1.54, 1.807) is 6.92 Å². The highest BCUT2D eigenvalue weighted by molar-refractivity contribution is 5.92. The van der Waals surface area contributed by atoms with Gasteiger partial charge in [0.05, 0.1) is 12.2 Å². The van der Waals surface area contributed by atoms with Crippen molar-refractivity contribution < 1.29 is 14.3 Å².